The summed E-state index contributed by atoms with van der Waals surface area (Å²) in [5.41, 5.74) is 2.42. The maximum absolute atomic E-state index is 12.1. The zero-order valence-electron chi connectivity index (χ0n) is 26.9. The lowest BCUT2D eigenvalue weighted by atomic mass is 9.98. The van der Waals surface area contributed by atoms with E-state index in [9.17, 15) is 19.2 Å². The lowest BCUT2D eigenvalue weighted by molar-refractivity contribution is -0.288. The molecule has 14 heteroatoms. The summed E-state index contributed by atoms with van der Waals surface area (Å²) in [4.78, 5) is 52.5. The Bertz CT molecular complexity index is 1560. The van der Waals surface area contributed by atoms with Gasteiger partial charge in [-0.05, 0) is 56.3 Å². The molecule has 2 heterocycles. The van der Waals surface area contributed by atoms with Crippen molar-refractivity contribution in [2.45, 2.75) is 72.2 Å². The number of carbonyl (C=O) groups is 4. The van der Waals surface area contributed by atoms with Crippen molar-refractivity contribution in [3.05, 3.63) is 47.8 Å². The maximum atomic E-state index is 12.1. The molecule has 1 fully saturated rings. The van der Waals surface area contributed by atoms with Gasteiger partial charge in [-0.3, -0.25) is 19.2 Å². The number of thiazole rings is 1. The Kier molecular flexibility index (Phi) is 12.1. The van der Waals surface area contributed by atoms with Crippen LogP contribution in [0.4, 0.5) is 0 Å². The second-order valence-electron chi connectivity index (χ2n) is 10.3. The predicted molar refractivity (Wildman–Crippen MR) is 168 cm³/mol. The molecule has 2 aromatic carbocycles. The molecule has 1 aliphatic heterocycles. The Hall–Kier alpha value is -4.69. The SMILES string of the molecule is CCOc1ccc(-c2nc(-c3ccc(O[C@@H]4O[C@H](COC(C)=O)[C@@H](OC(C)=O)[C@H](OC(C)=O)[C@H]4OC(C)=O)cc3)cs2)cc1OCC. The topological polar surface area (TPSA) is 155 Å². The zero-order valence-corrected chi connectivity index (χ0v) is 27.7. The van der Waals surface area contributed by atoms with Gasteiger partial charge in [0.25, 0.3) is 0 Å². The summed E-state index contributed by atoms with van der Waals surface area (Å²) in [6, 6.07) is 12.6. The Morgan fingerprint density at radius 2 is 1.34 bits per heavy atom. The number of hydrogen-bond acceptors (Lipinski definition) is 14. The number of nitrogens with zero attached hydrogens (tertiary/aromatic N) is 1. The van der Waals surface area contributed by atoms with Crippen molar-refractivity contribution in [3.63, 3.8) is 0 Å². The molecule has 0 radical (unpaired) electrons. The Morgan fingerprint density at radius 1 is 0.745 bits per heavy atom. The minimum Gasteiger partial charge on any atom is -0.490 e. The molecule has 252 valence electrons. The Labute approximate surface area is 276 Å². The van der Waals surface area contributed by atoms with E-state index in [0.717, 1.165) is 42.6 Å². The maximum Gasteiger partial charge on any atom is 0.303 e. The van der Waals surface area contributed by atoms with Crippen LogP contribution in [0, 0.1) is 0 Å². The van der Waals surface area contributed by atoms with Crippen molar-refractivity contribution in [3.8, 4) is 39.1 Å². The molecule has 1 aromatic heterocycles. The fourth-order valence-corrected chi connectivity index (χ4v) is 5.67. The van der Waals surface area contributed by atoms with E-state index in [0.29, 0.717) is 30.5 Å². The van der Waals surface area contributed by atoms with E-state index in [4.69, 9.17) is 42.9 Å². The number of benzene rings is 2. The highest BCUT2D eigenvalue weighted by Gasteiger charge is 2.53. The van der Waals surface area contributed by atoms with Crippen LogP contribution in [-0.4, -0.2) is 79.4 Å². The van der Waals surface area contributed by atoms with E-state index in [1.165, 1.54) is 18.3 Å². The van der Waals surface area contributed by atoms with Crippen molar-refractivity contribution in [1.82, 2.24) is 4.98 Å². The largest absolute Gasteiger partial charge is 0.490 e. The van der Waals surface area contributed by atoms with E-state index < -0.39 is 54.6 Å². The number of hydrogen-bond donors (Lipinski definition) is 0. The quantitative estimate of drug-likeness (QED) is 0.182. The van der Waals surface area contributed by atoms with Gasteiger partial charge in [0.2, 0.25) is 12.4 Å². The standard InChI is InChI=1S/C33H37NO12S/c1-7-39-26-14-11-23(15-27(26)40-8-2)32-34-25(17-47-32)22-9-12-24(13-10-22)45-33-31(44-21(6)38)30(43-20(5)37)29(42-19(4)36)28(46-33)16-41-18(3)35/h9-15,17,28-31,33H,7-8,16H2,1-6H3/t28-,29-,30+,31-,33-/m1/s1. The summed E-state index contributed by atoms with van der Waals surface area (Å²) in [5, 5.41) is 2.73. The van der Waals surface area contributed by atoms with Crippen LogP contribution in [0.3, 0.4) is 0 Å². The second kappa shape index (κ2) is 16.2. The predicted octanol–water partition coefficient (Wildman–Crippen LogP) is 4.74. The monoisotopic (exact) mass is 671 g/mol. The molecule has 1 saturated heterocycles. The molecule has 0 bridgehead atoms. The number of aromatic nitrogens is 1. The summed E-state index contributed by atoms with van der Waals surface area (Å²) >= 11 is 1.48. The molecule has 4 rings (SSSR count). The van der Waals surface area contributed by atoms with Gasteiger partial charge in [-0.1, -0.05) is 0 Å². The number of esters is 4. The molecule has 5 atom stereocenters. The van der Waals surface area contributed by atoms with E-state index >= 15 is 0 Å². The highest BCUT2D eigenvalue weighted by molar-refractivity contribution is 7.13. The molecule has 3 aromatic rings. The highest BCUT2D eigenvalue weighted by Crippen LogP contribution is 2.36. The number of ether oxygens (including phenoxy) is 8. The van der Waals surface area contributed by atoms with E-state index in [1.54, 1.807) is 24.3 Å². The first-order chi connectivity index (χ1) is 22.5. The molecular weight excluding hydrogens is 634 g/mol. The molecule has 0 N–H and O–H groups in total. The number of rotatable bonds is 13. The Morgan fingerprint density at radius 3 is 1.96 bits per heavy atom. The minimum atomic E-state index is -1.34. The van der Waals surface area contributed by atoms with E-state index in [-0.39, 0.29) is 6.61 Å². The van der Waals surface area contributed by atoms with Gasteiger partial charge >= 0.3 is 23.9 Å². The van der Waals surface area contributed by atoms with Crippen LogP contribution < -0.4 is 14.2 Å². The Balaban J connectivity index is 1.58. The summed E-state index contributed by atoms with van der Waals surface area (Å²) in [7, 11) is 0. The molecule has 0 aliphatic carbocycles. The smallest absolute Gasteiger partial charge is 0.303 e. The van der Waals surface area contributed by atoms with Crippen molar-refractivity contribution in [1.29, 1.82) is 0 Å². The van der Waals surface area contributed by atoms with Crippen LogP contribution in [0.15, 0.2) is 47.8 Å². The van der Waals surface area contributed by atoms with Crippen LogP contribution in [0.1, 0.15) is 41.5 Å². The van der Waals surface area contributed by atoms with Crippen molar-refractivity contribution in [2.75, 3.05) is 19.8 Å². The molecule has 47 heavy (non-hydrogen) atoms. The van der Waals surface area contributed by atoms with Crippen LogP contribution in [0.25, 0.3) is 21.8 Å². The summed E-state index contributed by atoms with van der Waals surface area (Å²) in [5.74, 6) is -1.16. The zero-order chi connectivity index (χ0) is 34.1. The highest BCUT2D eigenvalue weighted by atomic mass is 32.1. The molecule has 0 unspecified atom stereocenters. The van der Waals surface area contributed by atoms with Crippen molar-refractivity contribution in [2.24, 2.45) is 0 Å². The lowest BCUT2D eigenvalue weighted by Crippen LogP contribution is -2.63. The molecule has 0 spiro atoms. The molecule has 0 amide bonds. The minimum absolute atomic E-state index is 0.318. The average molecular weight is 672 g/mol. The van der Waals surface area contributed by atoms with E-state index in [2.05, 4.69) is 0 Å². The summed E-state index contributed by atoms with van der Waals surface area (Å²) in [6.07, 6.45) is -6.42. The van der Waals surface area contributed by atoms with Crippen LogP contribution in [0.5, 0.6) is 17.2 Å². The third kappa shape index (κ3) is 9.42. The van der Waals surface area contributed by atoms with Crippen LogP contribution >= 0.6 is 11.3 Å². The molecule has 0 saturated carbocycles. The second-order valence-corrected chi connectivity index (χ2v) is 11.1. The van der Waals surface area contributed by atoms with Gasteiger partial charge in [0.1, 0.15) is 23.5 Å². The van der Waals surface area contributed by atoms with Gasteiger partial charge in [0.05, 0.1) is 18.9 Å². The van der Waals surface area contributed by atoms with Crippen molar-refractivity contribution < 1.29 is 57.1 Å². The third-order valence-electron chi connectivity index (χ3n) is 6.65. The first-order valence-corrected chi connectivity index (χ1v) is 15.8. The van der Waals surface area contributed by atoms with Gasteiger partial charge in [-0.25, -0.2) is 4.98 Å². The van der Waals surface area contributed by atoms with Gasteiger partial charge in [0.15, 0.2) is 23.7 Å². The first kappa shape index (κ1) is 35.2. The van der Waals surface area contributed by atoms with Crippen molar-refractivity contribution >= 4 is 35.2 Å². The average Bonchev–Trinajstić information content (AvgIpc) is 3.50. The molecular formula is C33H37NO12S. The third-order valence-corrected chi connectivity index (χ3v) is 7.54. The van der Waals surface area contributed by atoms with Gasteiger partial charge in [-0.2, -0.15) is 0 Å². The molecule has 13 nitrogen and oxygen atoms in total. The first-order valence-electron chi connectivity index (χ1n) is 14.9. The van der Waals surface area contributed by atoms with Crippen LogP contribution in [0.2, 0.25) is 0 Å². The normalized spacial score (nSPS) is 20.4. The van der Waals surface area contributed by atoms with E-state index in [1.807, 2.05) is 37.4 Å². The summed E-state index contributed by atoms with van der Waals surface area (Å²) < 4.78 is 45.0. The van der Waals surface area contributed by atoms with Crippen LogP contribution in [-0.2, 0) is 42.9 Å². The van der Waals surface area contributed by atoms with Gasteiger partial charge in [-0.15, -0.1) is 11.3 Å². The number of carbonyl (C=O) groups excluding carboxylic acids is 4. The molecule has 1 aliphatic rings. The fraction of sp³-hybridized carbons (Fsp3) is 0.424. The van der Waals surface area contributed by atoms with Gasteiger partial charge in [0, 0.05) is 44.2 Å². The fourth-order valence-electron chi connectivity index (χ4n) is 4.85. The van der Waals surface area contributed by atoms with Gasteiger partial charge < -0.3 is 37.9 Å². The summed E-state index contributed by atoms with van der Waals surface area (Å²) in [6.45, 7) is 9.15. The lowest BCUT2D eigenvalue weighted by Gasteiger charge is -2.43.